The van der Waals surface area contributed by atoms with Crippen LogP contribution in [0.15, 0.2) is 0 Å². The Balaban J connectivity index is 1.97. The summed E-state index contributed by atoms with van der Waals surface area (Å²) in [5.74, 6) is 0.0534. The minimum atomic E-state index is -0.996. The Labute approximate surface area is 90.4 Å². The molecule has 3 N–H and O–H groups in total. The van der Waals surface area contributed by atoms with Gasteiger partial charge in [0.05, 0.1) is 0 Å². The zero-order valence-electron chi connectivity index (χ0n) is 9.28. The Kier molecular flexibility index (Phi) is 2.73. The zero-order chi connectivity index (χ0) is 11.1. The minimum absolute atomic E-state index is 0.200. The number of hydrogen-bond acceptors (Lipinski definition) is 3. The van der Waals surface area contributed by atoms with Crippen molar-refractivity contribution in [1.29, 1.82) is 0 Å². The maximum absolute atomic E-state index is 11.2. The van der Waals surface area contributed by atoms with Crippen molar-refractivity contribution in [1.82, 2.24) is 4.90 Å². The standard InChI is InChI=1S/C11H20N2O2/c1-8-4-5-13(6-8)7-11(12,10(14)15)9-2-3-9/h8-9H,2-7,12H2,1H3,(H,14,15). The molecule has 1 aliphatic heterocycles. The quantitative estimate of drug-likeness (QED) is 0.713. The number of nitrogens with zero attached hydrogens (tertiary/aromatic N) is 1. The molecule has 4 nitrogen and oxygen atoms in total. The molecule has 1 saturated carbocycles. The molecule has 1 aliphatic carbocycles. The number of likely N-dealkylation sites (tertiary alicyclic amines) is 1. The zero-order valence-corrected chi connectivity index (χ0v) is 9.28. The van der Waals surface area contributed by atoms with E-state index < -0.39 is 11.5 Å². The van der Waals surface area contributed by atoms with Crippen molar-refractivity contribution < 1.29 is 9.90 Å². The molecule has 2 aliphatic rings. The van der Waals surface area contributed by atoms with Crippen molar-refractivity contribution in [2.24, 2.45) is 17.6 Å². The van der Waals surface area contributed by atoms with E-state index in [4.69, 9.17) is 5.73 Å². The Morgan fingerprint density at radius 1 is 1.53 bits per heavy atom. The van der Waals surface area contributed by atoms with E-state index in [2.05, 4.69) is 11.8 Å². The van der Waals surface area contributed by atoms with E-state index in [-0.39, 0.29) is 5.92 Å². The van der Waals surface area contributed by atoms with Crippen LogP contribution >= 0.6 is 0 Å². The molecule has 0 amide bonds. The number of aliphatic carboxylic acids is 1. The molecule has 2 rings (SSSR count). The van der Waals surface area contributed by atoms with Crippen LogP contribution in [0, 0.1) is 11.8 Å². The fraction of sp³-hybridized carbons (Fsp3) is 0.909. The number of hydrogen-bond donors (Lipinski definition) is 2. The average Bonchev–Trinajstić information content (AvgIpc) is 2.92. The number of carboxylic acid groups (broad SMARTS) is 1. The molecular formula is C11H20N2O2. The molecule has 0 bridgehead atoms. The highest BCUT2D eigenvalue weighted by Gasteiger charge is 2.49. The predicted octanol–water partition coefficient (Wildman–Crippen LogP) is 0.520. The molecule has 2 fully saturated rings. The molecule has 0 aromatic rings. The smallest absolute Gasteiger partial charge is 0.325 e. The first-order valence-electron chi connectivity index (χ1n) is 5.77. The molecule has 2 unspecified atom stereocenters. The van der Waals surface area contributed by atoms with Crippen LogP contribution in [0.2, 0.25) is 0 Å². The lowest BCUT2D eigenvalue weighted by Gasteiger charge is -2.29. The number of carbonyl (C=O) groups is 1. The Morgan fingerprint density at radius 3 is 2.60 bits per heavy atom. The van der Waals surface area contributed by atoms with Gasteiger partial charge in [0.1, 0.15) is 5.54 Å². The van der Waals surface area contributed by atoms with Crippen LogP contribution in [0.1, 0.15) is 26.2 Å². The highest BCUT2D eigenvalue weighted by atomic mass is 16.4. The summed E-state index contributed by atoms with van der Waals surface area (Å²) in [6.07, 6.45) is 3.12. The molecule has 2 atom stereocenters. The second kappa shape index (κ2) is 3.76. The third-order valence-corrected chi connectivity index (χ3v) is 3.70. The van der Waals surface area contributed by atoms with Crippen LogP contribution in [0.5, 0.6) is 0 Å². The Hall–Kier alpha value is -0.610. The highest BCUT2D eigenvalue weighted by molar-refractivity contribution is 5.79. The van der Waals surface area contributed by atoms with E-state index in [1.54, 1.807) is 0 Å². The summed E-state index contributed by atoms with van der Waals surface area (Å²) in [4.78, 5) is 13.4. The molecule has 1 heterocycles. The van der Waals surface area contributed by atoms with E-state index in [0.29, 0.717) is 12.5 Å². The third kappa shape index (κ3) is 2.16. The first kappa shape index (κ1) is 10.9. The van der Waals surface area contributed by atoms with Crippen LogP contribution in [0.3, 0.4) is 0 Å². The molecule has 0 spiro atoms. The fourth-order valence-corrected chi connectivity index (χ4v) is 2.51. The van der Waals surface area contributed by atoms with Gasteiger partial charge in [0, 0.05) is 13.1 Å². The van der Waals surface area contributed by atoms with Gasteiger partial charge < -0.3 is 15.7 Å². The summed E-state index contributed by atoms with van der Waals surface area (Å²) >= 11 is 0. The van der Waals surface area contributed by atoms with E-state index >= 15 is 0 Å². The average molecular weight is 212 g/mol. The fourth-order valence-electron chi connectivity index (χ4n) is 2.51. The van der Waals surface area contributed by atoms with Crippen molar-refractivity contribution in [3.05, 3.63) is 0 Å². The number of carboxylic acids is 1. The monoisotopic (exact) mass is 212 g/mol. The van der Waals surface area contributed by atoms with Crippen molar-refractivity contribution in [3.63, 3.8) is 0 Å². The molecular weight excluding hydrogens is 192 g/mol. The summed E-state index contributed by atoms with van der Waals surface area (Å²) < 4.78 is 0. The van der Waals surface area contributed by atoms with Gasteiger partial charge in [0.2, 0.25) is 0 Å². The predicted molar refractivity (Wildman–Crippen MR) is 57.5 cm³/mol. The van der Waals surface area contributed by atoms with Gasteiger partial charge in [-0.05, 0) is 37.6 Å². The summed E-state index contributed by atoms with van der Waals surface area (Å²) in [5.41, 5.74) is 5.03. The molecule has 15 heavy (non-hydrogen) atoms. The van der Waals surface area contributed by atoms with Gasteiger partial charge in [-0.15, -0.1) is 0 Å². The van der Waals surface area contributed by atoms with Crippen LogP contribution in [-0.2, 0) is 4.79 Å². The number of nitrogens with two attached hydrogens (primary N) is 1. The van der Waals surface area contributed by atoms with Crippen molar-refractivity contribution >= 4 is 5.97 Å². The van der Waals surface area contributed by atoms with Crippen LogP contribution in [-0.4, -0.2) is 41.1 Å². The van der Waals surface area contributed by atoms with Crippen LogP contribution in [0.25, 0.3) is 0 Å². The summed E-state index contributed by atoms with van der Waals surface area (Å²) in [6.45, 7) is 4.73. The maximum Gasteiger partial charge on any atom is 0.325 e. The molecule has 86 valence electrons. The van der Waals surface area contributed by atoms with E-state index in [0.717, 1.165) is 25.9 Å². The minimum Gasteiger partial charge on any atom is -0.480 e. The molecule has 0 aromatic carbocycles. The number of rotatable bonds is 4. The molecule has 0 aromatic heterocycles. The molecule has 0 radical (unpaired) electrons. The second-order valence-electron chi connectivity index (χ2n) is 5.25. The summed E-state index contributed by atoms with van der Waals surface area (Å²) in [6, 6.07) is 0. The first-order valence-corrected chi connectivity index (χ1v) is 5.77. The highest BCUT2D eigenvalue weighted by Crippen LogP contribution is 2.39. The van der Waals surface area contributed by atoms with E-state index in [1.807, 2.05) is 0 Å². The van der Waals surface area contributed by atoms with E-state index in [9.17, 15) is 9.90 Å². The van der Waals surface area contributed by atoms with E-state index in [1.165, 1.54) is 6.42 Å². The topological polar surface area (TPSA) is 66.6 Å². The van der Waals surface area contributed by atoms with Gasteiger partial charge in [-0.2, -0.15) is 0 Å². The van der Waals surface area contributed by atoms with Crippen LogP contribution < -0.4 is 5.73 Å². The first-order chi connectivity index (χ1) is 7.02. The lowest BCUT2D eigenvalue weighted by atomic mass is 9.94. The summed E-state index contributed by atoms with van der Waals surface area (Å²) in [5, 5.41) is 9.22. The van der Waals surface area contributed by atoms with Gasteiger partial charge in [-0.1, -0.05) is 6.92 Å². The normalized spacial score (nSPS) is 31.5. The SMILES string of the molecule is CC1CCN(CC(N)(C(=O)O)C2CC2)C1. The van der Waals surface area contributed by atoms with Gasteiger partial charge in [-0.25, -0.2) is 0 Å². The Bertz CT molecular complexity index is 265. The van der Waals surface area contributed by atoms with Gasteiger partial charge in [0.25, 0.3) is 0 Å². The van der Waals surface area contributed by atoms with Gasteiger partial charge >= 0.3 is 5.97 Å². The van der Waals surface area contributed by atoms with Gasteiger partial charge in [0.15, 0.2) is 0 Å². The maximum atomic E-state index is 11.2. The lowest BCUT2D eigenvalue weighted by Crippen LogP contribution is -2.57. The largest absolute Gasteiger partial charge is 0.480 e. The van der Waals surface area contributed by atoms with Gasteiger partial charge in [-0.3, -0.25) is 4.79 Å². The third-order valence-electron chi connectivity index (χ3n) is 3.70. The van der Waals surface area contributed by atoms with Crippen molar-refractivity contribution in [2.45, 2.75) is 31.7 Å². The van der Waals surface area contributed by atoms with Crippen LogP contribution in [0.4, 0.5) is 0 Å². The Morgan fingerprint density at radius 2 is 2.20 bits per heavy atom. The van der Waals surface area contributed by atoms with Crippen molar-refractivity contribution in [2.75, 3.05) is 19.6 Å². The van der Waals surface area contributed by atoms with Crippen molar-refractivity contribution in [3.8, 4) is 0 Å². The molecule has 4 heteroatoms. The lowest BCUT2D eigenvalue weighted by molar-refractivity contribution is -0.145. The second-order valence-corrected chi connectivity index (χ2v) is 5.25. The molecule has 1 saturated heterocycles. The summed E-state index contributed by atoms with van der Waals surface area (Å²) in [7, 11) is 0.